The summed E-state index contributed by atoms with van der Waals surface area (Å²) in [6.07, 6.45) is 1.56. The van der Waals surface area contributed by atoms with Gasteiger partial charge in [-0.05, 0) is 66.7 Å². The van der Waals surface area contributed by atoms with Crippen LogP contribution in [0, 0.1) is 17.0 Å². The number of aliphatic imine (C=N–C) groups is 1. The normalized spacial score (nSPS) is 16.1. The maximum atomic E-state index is 12.7. The van der Waals surface area contributed by atoms with Crippen LogP contribution in [0.25, 0.3) is 17.4 Å². The molecule has 9 nitrogen and oxygen atoms in total. The summed E-state index contributed by atoms with van der Waals surface area (Å²) < 4.78 is 5.77. The fourth-order valence-electron chi connectivity index (χ4n) is 3.15. The Morgan fingerprint density at radius 1 is 1.18 bits per heavy atom. The van der Waals surface area contributed by atoms with E-state index in [1.54, 1.807) is 56.4 Å². The Hall–Kier alpha value is -4.18. The molecule has 2 heterocycles. The summed E-state index contributed by atoms with van der Waals surface area (Å²) in [5, 5.41) is 20.8. The van der Waals surface area contributed by atoms with Crippen molar-refractivity contribution in [1.29, 1.82) is 0 Å². The third-order valence-corrected chi connectivity index (χ3v) is 5.92. The van der Waals surface area contributed by atoms with Gasteiger partial charge in [0, 0.05) is 19.2 Å². The first-order valence-electron chi connectivity index (χ1n) is 9.68. The van der Waals surface area contributed by atoms with Crippen molar-refractivity contribution in [3.8, 4) is 11.3 Å². The van der Waals surface area contributed by atoms with Crippen molar-refractivity contribution in [3.05, 3.63) is 86.5 Å². The summed E-state index contributed by atoms with van der Waals surface area (Å²) in [5.41, 5.74) is 1.71. The fraction of sp³-hybridized carbons (Fsp3) is 0.0870. The molecule has 4 rings (SSSR count). The van der Waals surface area contributed by atoms with Gasteiger partial charge in [-0.25, -0.2) is 9.79 Å². The predicted molar refractivity (Wildman–Crippen MR) is 124 cm³/mol. The summed E-state index contributed by atoms with van der Waals surface area (Å²) >= 11 is 1.15. The predicted octanol–water partition coefficient (Wildman–Crippen LogP) is 5.10. The number of aryl methyl sites for hydroxylation is 1. The molecule has 166 valence electrons. The minimum Gasteiger partial charge on any atom is -0.478 e. The molecule has 1 fully saturated rings. The molecule has 1 aromatic heterocycles. The highest BCUT2D eigenvalue weighted by Gasteiger charge is 2.31. The second kappa shape index (κ2) is 8.75. The zero-order chi connectivity index (χ0) is 23.7. The number of carboxylic acids is 1. The highest BCUT2D eigenvalue weighted by Crippen LogP contribution is 2.36. The van der Waals surface area contributed by atoms with Gasteiger partial charge in [-0.3, -0.25) is 19.8 Å². The summed E-state index contributed by atoms with van der Waals surface area (Å²) in [6.45, 7) is 1.77. The Bertz CT molecular complexity index is 1340. The molecule has 33 heavy (non-hydrogen) atoms. The second-order valence-electron chi connectivity index (χ2n) is 7.20. The van der Waals surface area contributed by atoms with Crippen LogP contribution in [-0.4, -0.2) is 39.0 Å². The highest BCUT2D eigenvalue weighted by atomic mass is 32.2. The highest BCUT2D eigenvalue weighted by molar-refractivity contribution is 8.18. The standard InChI is InChI=1S/C23H17N3O6S/c1-13-3-9-17(18(11-13)26(30)31)19-10-8-16(32-19)12-20-21(27)25(2)23(33-20)24-15-6-4-14(5-7-15)22(28)29/h3-12H,1-2H3,(H,28,29)/b20-12+,24-23?. The van der Waals surface area contributed by atoms with Gasteiger partial charge in [0.05, 0.1) is 26.6 Å². The molecule has 0 radical (unpaired) electrons. The molecule has 2 aromatic carbocycles. The van der Waals surface area contributed by atoms with Crippen molar-refractivity contribution in [1.82, 2.24) is 4.90 Å². The maximum absolute atomic E-state index is 12.7. The molecule has 0 bridgehead atoms. The summed E-state index contributed by atoms with van der Waals surface area (Å²) in [5.74, 6) is -0.614. The number of aromatic carboxylic acids is 1. The van der Waals surface area contributed by atoms with Gasteiger partial charge in [-0.1, -0.05) is 6.07 Å². The number of thioether (sulfide) groups is 1. The first kappa shape index (κ1) is 22.0. The lowest BCUT2D eigenvalue weighted by atomic mass is 10.1. The average Bonchev–Trinajstić information content (AvgIpc) is 3.35. The molecular formula is C23H17N3O6S. The van der Waals surface area contributed by atoms with E-state index in [9.17, 15) is 19.7 Å². The second-order valence-corrected chi connectivity index (χ2v) is 8.21. The molecule has 1 aliphatic heterocycles. The molecule has 10 heteroatoms. The number of hydrogen-bond donors (Lipinski definition) is 1. The molecular weight excluding hydrogens is 446 g/mol. The lowest BCUT2D eigenvalue weighted by Gasteiger charge is -2.07. The van der Waals surface area contributed by atoms with Crippen LogP contribution in [-0.2, 0) is 4.79 Å². The van der Waals surface area contributed by atoms with Gasteiger partial charge in [-0.2, -0.15) is 0 Å². The van der Waals surface area contributed by atoms with Crippen molar-refractivity contribution >= 4 is 46.3 Å². The number of hydrogen-bond acceptors (Lipinski definition) is 7. The van der Waals surface area contributed by atoms with Crippen molar-refractivity contribution in [2.24, 2.45) is 4.99 Å². The van der Waals surface area contributed by atoms with Crippen LogP contribution in [0.15, 0.2) is 68.9 Å². The molecule has 0 spiro atoms. The average molecular weight is 463 g/mol. The van der Waals surface area contributed by atoms with Gasteiger partial charge < -0.3 is 9.52 Å². The number of nitro groups is 1. The third-order valence-electron chi connectivity index (χ3n) is 4.86. The van der Waals surface area contributed by atoms with Crippen molar-refractivity contribution in [2.45, 2.75) is 6.92 Å². The first-order valence-corrected chi connectivity index (χ1v) is 10.5. The Balaban J connectivity index is 1.60. The van der Waals surface area contributed by atoms with E-state index in [0.717, 1.165) is 17.3 Å². The van der Waals surface area contributed by atoms with Crippen molar-refractivity contribution < 1.29 is 24.0 Å². The number of carboxylic acid groups (broad SMARTS) is 1. The fourth-order valence-corrected chi connectivity index (χ4v) is 4.11. The lowest BCUT2D eigenvalue weighted by Crippen LogP contribution is -2.23. The maximum Gasteiger partial charge on any atom is 0.335 e. The van der Waals surface area contributed by atoms with Crippen LogP contribution in [0.3, 0.4) is 0 Å². The molecule has 1 saturated heterocycles. The molecule has 0 aliphatic carbocycles. The van der Waals surface area contributed by atoms with E-state index in [2.05, 4.69) is 4.99 Å². The van der Waals surface area contributed by atoms with Gasteiger partial charge in [0.15, 0.2) is 5.17 Å². The van der Waals surface area contributed by atoms with Gasteiger partial charge >= 0.3 is 5.97 Å². The Morgan fingerprint density at radius 2 is 1.91 bits per heavy atom. The van der Waals surface area contributed by atoms with E-state index in [0.29, 0.717) is 32.8 Å². The Kier molecular flexibility index (Phi) is 5.84. The van der Waals surface area contributed by atoms with Gasteiger partial charge in [0.2, 0.25) is 0 Å². The molecule has 1 aliphatic rings. The number of nitro benzene ring substituents is 1. The number of benzene rings is 2. The quantitative estimate of drug-likeness (QED) is 0.317. The van der Waals surface area contributed by atoms with Gasteiger partial charge in [-0.15, -0.1) is 0 Å². The summed E-state index contributed by atoms with van der Waals surface area (Å²) in [7, 11) is 1.59. The van der Waals surface area contributed by atoms with E-state index < -0.39 is 10.9 Å². The monoisotopic (exact) mass is 463 g/mol. The van der Waals surface area contributed by atoms with Crippen molar-refractivity contribution in [3.63, 3.8) is 0 Å². The molecule has 1 N–H and O–H groups in total. The van der Waals surface area contributed by atoms with E-state index in [1.807, 2.05) is 0 Å². The van der Waals surface area contributed by atoms with Crippen molar-refractivity contribution in [2.75, 3.05) is 7.05 Å². The number of amides is 1. The molecule has 1 amide bonds. The molecule has 0 unspecified atom stereocenters. The summed E-state index contributed by atoms with van der Waals surface area (Å²) in [6, 6.07) is 14.1. The number of nitrogens with zero attached hydrogens (tertiary/aromatic N) is 3. The van der Waals surface area contributed by atoms with Crippen LogP contribution < -0.4 is 0 Å². The smallest absolute Gasteiger partial charge is 0.335 e. The number of carbonyl (C=O) groups is 2. The van der Waals surface area contributed by atoms with E-state index in [4.69, 9.17) is 9.52 Å². The van der Waals surface area contributed by atoms with Crippen LogP contribution in [0.4, 0.5) is 11.4 Å². The van der Waals surface area contributed by atoms with Crippen LogP contribution in [0.5, 0.6) is 0 Å². The minimum absolute atomic E-state index is 0.0575. The number of likely N-dealkylation sites (N-methyl/N-ethyl adjacent to an activating group) is 1. The molecule has 0 atom stereocenters. The van der Waals surface area contributed by atoms with E-state index in [-0.39, 0.29) is 17.2 Å². The Labute approximate surface area is 192 Å². The SMILES string of the molecule is Cc1ccc(-c2ccc(/C=C3/SC(=Nc4ccc(C(=O)O)cc4)N(C)C3=O)o2)c([N+](=O)[O-])c1. The van der Waals surface area contributed by atoms with Crippen LogP contribution >= 0.6 is 11.8 Å². The molecule has 3 aromatic rings. The van der Waals surface area contributed by atoms with E-state index >= 15 is 0 Å². The van der Waals surface area contributed by atoms with Gasteiger partial charge in [0.25, 0.3) is 11.6 Å². The summed E-state index contributed by atoms with van der Waals surface area (Å²) in [4.78, 5) is 40.8. The van der Waals surface area contributed by atoms with Crippen LogP contribution in [0.2, 0.25) is 0 Å². The largest absolute Gasteiger partial charge is 0.478 e. The number of rotatable bonds is 5. The van der Waals surface area contributed by atoms with E-state index in [1.165, 1.54) is 23.1 Å². The number of furan rings is 1. The zero-order valence-corrected chi connectivity index (χ0v) is 18.3. The zero-order valence-electron chi connectivity index (χ0n) is 17.5. The Morgan fingerprint density at radius 3 is 2.58 bits per heavy atom. The topological polar surface area (TPSA) is 126 Å². The third kappa shape index (κ3) is 4.55. The minimum atomic E-state index is -1.03. The van der Waals surface area contributed by atoms with Crippen LogP contribution in [0.1, 0.15) is 21.7 Å². The number of amidine groups is 1. The molecule has 0 saturated carbocycles. The van der Waals surface area contributed by atoms with Gasteiger partial charge in [0.1, 0.15) is 11.5 Å². The number of carbonyl (C=O) groups excluding carboxylic acids is 1. The first-order chi connectivity index (χ1) is 15.7. The lowest BCUT2D eigenvalue weighted by molar-refractivity contribution is -0.384.